The van der Waals surface area contributed by atoms with Gasteiger partial charge in [0.25, 0.3) is 11.8 Å². The number of nitrogens with zero attached hydrogens (tertiary/aromatic N) is 2. The van der Waals surface area contributed by atoms with E-state index in [1.165, 1.54) is 37.4 Å². The fourth-order valence-corrected chi connectivity index (χ4v) is 8.23. The smallest absolute Gasteiger partial charge is 0.328 e. The number of hydrogen-bond donors (Lipinski definition) is 3. The van der Waals surface area contributed by atoms with Crippen molar-refractivity contribution in [3.63, 3.8) is 0 Å². The number of carbonyl (C=O) groups excluding carboxylic acids is 5. The van der Waals surface area contributed by atoms with Crippen LogP contribution < -0.4 is 15.9 Å². The minimum atomic E-state index is -1.69. The van der Waals surface area contributed by atoms with E-state index in [1.54, 1.807) is 42.5 Å². The first kappa shape index (κ1) is 30.4. The summed E-state index contributed by atoms with van der Waals surface area (Å²) in [4.78, 5) is 69.2. The van der Waals surface area contributed by atoms with E-state index in [1.807, 2.05) is 0 Å². The van der Waals surface area contributed by atoms with Crippen LogP contribution in [0, 0.1) is 29.5 Å². The minimum Gasteiger partial charge on any atom is -0.508 e. The number of methoxy groups -OCH3 is 1. The van der Waals surface area contributed by atoms with Crippen LogP contribution in [-0.4, -0.2) is 51.8 Å². The molecule has 6 amide bonds. The highest BCUT2D eigenvalue weighted by Gasteiger charge is 2.70. The zero-order chi connectivity index (χ0) is 33.4. The van der Waals surface area contributed by atoms with Gasteiger partial charge < -0.3 is 15.6 Å². The number of nitrogens with two attached hydrogens (primary N) is 1. The topological polar surface area (TPSA) is 159 Å². The second kappa shape index (κ2) is 10.9. The highest BCUT2D eigenvalue weighted by atomic mass is 35.5. The van der Waals surface area contributed by atoms with E-state index in [-0.39, 0.29) is 29.8 Å². The van der Waals surface area contributed by atoms with Crippen molar-refractivity contribution in [2.45, 2.75) is 24.2 Å². The number of anilines is 1. The van der Waals surface area contributed by atoms with Crippen molar-refractivity contribution >= 4 is 46.9 Å². The van der Waals surface area contributed by atoms with Crippen LogP contribution in [0.3, 0.4) is 0 Å². The number of halogens is 2. The third-order valence-electron chi connectivity index (χ3n) is 10.0. The van der Waals surface area contributed by atoms with Gasteiger partial charge in [0.2, 0.25) is 11.8 Å². The highest BCUT2D eigenvalue weighted by Crippen LogP contribution is 2.65. The highest BCUT2D eigenvalue weighted by molar-refractivity contribution is 6.30. The number of imide groups is 4. The number of likely N-dealkylation sites (tertiary alicyclic amines) is 1. The van der Waals surface area contributed by atoms with Crippen LogP contribution in [0.15, 0.2) is 78.4 Å². The van der Waals surface area contributed by atoms with E-state index in [9.17, 15) is 28.7 Å². The molecule has 6 unspecified atom stereocenters. The molecule has 13 heteroatoms. The zero-order valence-electron chi connectivity index (χ0n) is 24.9. The molecule has 6 atom stereocenters. The Bertz CT molecular complexity index is 1900. The molecule has 3 fully saturated rings. The van der Waals surface area contributed by atoms with Crippen molar-refractivity contribution in [3.8, 4) is 11.5 Å². The summed E-state index contributed by atoms with van der Waals surface area (Å²) < 4.78 is 19.2. The largest absolute Gasteiger partial charge is 0.508 e. The number of hydrazine groups is 1. The molecule has 240 valence electrons. The van der Waals surface area contributed by atoms with Crippen molar-refractivity contribution in [3.05, 3.63) is 100 Å². The second-order valence-corrected chi connectivity index (χ2v) is 12.6. The van der Waals surface area contributed by atoms with E-state index in [0.717, 1.165) is 5.01 Å². The summed E-state index contributed by atoms with van der Waals surface area (Å²) in [5, 5.41) is 12.7. The molecule has 3 aromatic carbocycles. The molecule has 0 spiro atoms. The van der Waals surface area contributed by atoms with Crippen LogP contribution in [0.5, 0.6) is 11.5 Å². The maximum absolute atomic E-state index is 15.0. The van der Waals surface area contributed by atoms with Crippen molar-refractivity contribution in [1.82, 2.24) is 9.91 Å². The first-order chi connectivity index (χ1) is 22.5. The molecule has 2 heterocycles. The number of fused-ring (bicyclic) bond motifs is 4. The molecule has 11 nitrogen and oxygen atoms in total. The van der Waals surface area contributed by atoms with Crippen LogP contribution in [0.2, 0.25) is 5.02 Å². The average molecular weight is 659 g/mol. The molecule has 0 bridgehead atoms. The monoisotopic (exact) mass is 658 g/mol. The van der Waals surface area contributed by atoms with Gasteiger partial charge in [0, 0.05) is 16.5 Å². The van der Waals surface area contributed by atoms with Crippen molar-refractivity contribution in [2.24, 2.45) is 29.4 Å². The molecule has 2 saturated heterocycles. The molecule has 2 aliphatic heterocycles. The van der Waals surface area contributed by atoms with Crippen LogP contribution in [-0.2, 0) is 24.6 Å². The number of rotatable bonds is 5. The van der Waals surface area contributed by atoms with Crippen molar-refractivity contribution < 1.29 is 38.2 Å². The second-order valence-electron chi connectivity index (χ2n) is 12.1. The molecule has 7 rings (SSSR count). The molecule has 0 aromatic heterocycles. The fourth-order valence-electron chi connectivity index (χ4n) is 8.11. The van der Waals surface area contributed by atoms with Gasteiger partial charge >= 0.3 is 6.03 Å². The van der Waals surface area contributed by atoms with Crippen LogP contribution in [0.4, 0.5) is 14.9 Å². The maximum atomic E-state index is 15.0. The van der Waals surface area contributed by atoms with Crippen molar-refractivity contribution in [1.29, 1.82) is 0 Å². The predicted molar refractivity (Wildman–Crippen MR) is 165 cm³/mol. The van der Waals surface area contributed by atoms with Crippen LogP contribution >= 0.6 is 11.6 Å². The van der Waals surface area contributed by atoms with Gasteiger partial charge in [-0.15, -0.1) is 0 Å². The van der Waals surface area contributed by atoms with Gasteiger partial charge in [-0.2, -0.15) is 9.91 Å². The number of hydrogen-bond acceptors (Lipinski definition) is 8. The Kier molecular flexibility index (Phi) is 7.08. The third kappa shape index (κ3) is 4.34. The number of nitrogens with one attached hydrogen (secondary N) is 1. The number of primary amides is 1. The molecular formula is C34H28ClFN4O7. The lowest BCUT2D eigenvalue weighted by Gasteiger charge is -2.50. The van der Waals surface area contributed by atoms with E-state index in [0.29, 0.717) is 26.8 Å². The number of aromatic hydroxyl groups is 1. The Balaban J connectivity index is 1.49. The number of allylic oxidation sites excluding steroid dienone is 2. The normalized spacial score (nSPS) is 28.1. The Hall–Kier alpha value is -5.23. The fraction of sp³-hybridized carbons (Fsp3) is 0.265. The number of benzene rings is 3. The Labute approximate surface area is 272 Å². The van der Waals surface area contributed by atoms with Gasteiger partial charge in [-0.1, -0.05) is 35.4 Å². The first-order valence-corrected chi connectivity index (χ1v) is 15.3. The lowest BCUT2D eigenvalue weighted by molar-refractivity contribution is -0.139. The average Bonchev–Trinajstić information content (AvgIpc) is 3.44. The van der Waals surface area contributed by atoms with E-state index >= 15 is 4.79 Å². The number of phenolic OH excluding ortho intramolecular Hbond substituents is 1. The van der Waals surface area contributed by atoms with E-state index in [4.69, 9.17) is 22.1 Å². The van der Waals surface area contributed by atoms with Gasteiger partial charge in [0.1, 0.15) is 17.3 Å². The molecule has 0 radical (unpaired) electrons. The maximum Gasteiger partial charge on any atom is 0.328 e. The van der Waals surface area contributed by atoms with Crippen molar-refractivity contribution in [2.75, 3.05) is 12.5 Å². The summed E-state index contributed by atoms with van der Waals surface area (Å²) >= 11 is 6.28. The molecular weight excluding hydrogens is 631 g/mol. The Morgan fingerprint density at radius 3 is 2.36 bits per heavy atom. The van der Waals surface area contributed by atoms with Gasteiger partial charge in [-0.25, -0.2) is 9.18 Å². The summed E-state index contributed by atoms with van der Waals surface area (Å²) in [6.45, 7) is 0. The van der Waals surface area contributed by atoms with Gasteiger partial charge in [-0.05, 0) is 78.9 Å². The quantitative estimate of drug-likeness (QED) is 0.271. The molecule has 3 aromatic rings. The number of amides is 6. The lowest BCUT2D eigenvalue weighted by Crippen LogP contribution is -2.53. The van der Waals surface area contributed by atoms with Gasteiger partial charge in [0.05, 0.1) is 36.0 Å². The third-order valence-corrected chi connectivity index (χ3v) is 10.3. The predicted octanol–water partition coefficient (Wildman–Crippen LogP) is 4.26. The van der Waals surface area contributed by atoms with Gasteiger partial charge in [-0.3, -0.25) is 24.6 Å². The summed E-state index contributed by atoms with van der Waals surface area (Å²) in [7, 11) is 1.45. The van der Waals surface area contributed by atoms with Gasteiger partial charge in [0.15, 0.2) is 0 Å². The number of urea groups is 1. The van der Waals surface area contributed by atoms with E-state index in [2.05, 4.69) is 5.43 Å². The van der Waals surface area contributed by atoms with Crippen LogP contribution in [0.1, 0.15) is 29.9 Å². The minimum absolute atomic E-state index is 0.0470. The molecule has 4 aliphatic rings. The summed E-state index contributed by atoms with van der Waals surface area (Å²) in [6, 6.07) is 15.0. The number of carbonyl (C=O) groups is 5. The van der Waals surface area contributed by atoms with E-state index < -0.39 is 70.5 Å². The lowest BCUT2D eigenvalue weighted by atomic mass is 9.49. The summed E-state index contributed by atoms with van der Waals surface area (Å²) in [5.74, 6) is -8.00. The SMILES string of the molecule is COc1ccc(O)c(C2C3=CCC4C(=O)N(C(N)=O)C(=O)C4C3CC3C(=O)N(Nc4ccc(F)cc4)C(=O)C32c2ccc(Cl)cc2)c1. The zero-order valence-corrected chi connectivity index (χ0v) is 25.6. The Morgan fingerprint density at radius 2 is 1.70 bits per heavy atom. The first-order valence-electron chi connectivity index (χ1n) is 14.9. The Morgan fingerprint density at radius 1 is 1.00 bits per heavy atom. The molecule has 2 aliphatic carbocycles. The molecule has 4 N–H and O–H groups in total. The summed E-state index contributed by atoms with van der Waals surface area (Å²) in [6.07, 6.45) is 1.79. The standard InChI is InChI=1S/C34H28ClFN4O7/c1-47-20-10-13-26(41)24(14-20)28-21-11-12-22-27(31(44)39(29(22)42)33(37)46)23(21)15-25-30(43)40(38-19-8-6-18(36)7-9-19)32(45)34(25,28)16-2-4-17(35)5-3-16/h2-11,13-14,22-23,25,27-28,38,41H,12,15H2,1H3,(H2,37,46). The number of phenols is 1. The number of ether oxygens (including phenoxy) is 1. The van der Waals surface area contributed by atoms with Crippen LogP contribution in [0.25, 0.3) is 0 Å². The molecule has 47 heavy (non-hydrogen) atoms. The summed E-state index contributed by atoms with van der Waals surface area (Å²) in [5.41, 5.74) is 8.10. The molecule has 1 saturated carbocycles.